The Morgan fingerprint density at radius 3 is 1.89 bits per heavy atom. The summed E-state index contributed by atoms with van der Waals surface area (Å²) in [6.45, 7) is 2.30. The van der Waals surface area contributed by atoms with Gasteiger partial charge in [-0.05, 0) is 0 Å². The van der Waals surface area contributed by atoms with Crippen molar-refractivity contribution in [2.75, 3.05) is 30.2 Å². The SMILES string of the molecule is Br.CC[PH](CCCl)(CCCl)Cc1ccccc1.N. The van der Waals surface area contributed by atoms with Crippen LogP contribution < -0.4 is 6.15 Å². The minimum Gasteiger partial charge on any atom is -0.344 e. The molecule has 18 heavy (non-hydrogen) atoms. The van der Waals surface area contributed by atoms with Gasteiger partial charge in [0, 0.05) is 0 Å². The molecule has 1 rings (SSSR count). The maximum Gasteiger partial charge on any atom is -0.344 e. The zero-order chi connectivity index (χ0) is 11.9. The summed E-state index contributed by atoms with van der Waals surface area (Å²) in [5.74, 6) is 1.56. The molecule has 0 heterocycles. The Morgan fingerprint density at radius 1 is 1.00 bits per heavy atom. The molecular weight excluding hydrogens is 352 g/mol. The van der Waals surface area contributed by atoms with E-state index in [1.165, 1.54) is 30.2 Å². The van der Waals surface area contributed by atoms with Crippen LogP contribution in [0.1, 0.15) is 12.5 Å². The third kappa shape index (κ3) is 6.73. The largest absolute Gasteiger partial charge is 0.344 e. The molecule has 5 heteroatoms. The summed E-state index contributed by atoms with van der Waals surface area (Å²) in [6.07, 6.45) is 4.88. The Hall–Kier alpha value is 0.670. The van der Waals surface area contributed by atoms with Crippen molar-refractivity contribution in [1.82, 2.24) is 6.15 Å². The fourth-order valence-corrected chi connectivity index (χ4v) is 8.08. The molecule has 0 unspecified atom stereocenters. The third-order valence-electron chi connectivity index (χ3n) is 3.42. The molecule has 108 valence electrons. The number of hydrogen-bond acceptors (Lipinski definition) is 1. The first-order valence-corrected chi connectivity index (χ1v) is 9.82. The number of halogens is 3. The number of rotatable bonds is 7. The molecule has 1 aromatic rings. The van der Waals surface area contributed by atoms with Gasteiger partial charge < -0.3 is 6.15 Å². The van der Waals surface area contributed by atoms with E-state index in [1.807, 2.05) is 0 Å². The standard InChI is InChI=1S/C13H21Cl2P.BrH.H3N/c1-2-16(10-8-14,11-9-15)12-13-6-4-3-5-7-13;;/h3-7,16H,2,8-12H2,1H3;1H;1H3. The van der Waals surface area contributed by atoms with Gasteiger partial charge in [-0.2, -0.15) is 0 Å². The van der Waals surface area contributed by atoms with Crippen molar-refractivity contribution in [3.63, 3.8) is 0 Å². The molecule has 0 atom stereocenters. The van der Waals surface area contributed by atoms with E-state index in [1.54, 1.807) is 0 Å². The van der Waals surface area contributed by atoms with Crippen LogP contribution in [-0.4, -0.2) is 30.2 Å². The predicted octanol–water partition coefficient (Wildman–Crippen LogP) is 5.17. The molecule has 3 N–H and O–H groups in total. The second-order valence-electron chi connectivity index (χ2n) is 4.39. The van der Waals surface area contributed by atoms with Gasteiger partial charge in [-0.3, -0.25) is 0 Å². The van der Waals surface area contributed by atoms with Gasteiger partial charge >= 0.3 is 110 Å². The van der Waals surface area contributed by atoms with Crippen molar-refractivity contribution in [3.05, 3.63) is 35.9 Å². The smallest absolute Gasteiger partial charge is 0.344 e. The van der Waals surface area contributed by atoms with Crippen LogP contribution >= 0.6 is 47.4 Å². The van der Waals surface area contributed by atoms with Gasteiger partial charge in [-0.25, -0.2) is 0 Å². The van der Waals surface area contributed by atoms with E-state index in [0.717, 1.165) is 11.8 Å². The van der Waals surface area contributed by atoms with Crippen LogP contribution in [0.15, 0.2) is 30.3 Å². The van der Waals surface area contributed by atoms with Gasteiger partial charge in [-0.15, -0.1) is 17.0 Å². The van der Waals surface area contributed by atoms with Crippen LogP contribution in [0.25, 0.3) is 0 Å². The fourth-order valence-electron chi connectivity index (χ4n) is 2.21. The second kappa shape index (κ2) is 11.5. The first-order chi connectivity index (χ1) is 7.76. The molecule has 1 aromatic carbocycles. The zero-order valence-electron chi connectivity index (χ0n) is 11.0. The summed E-state index contributed by atoms with van der Waals surface area (Å²) >= 11 is 11.9. The third-order valence-corrected chi connectivity index (χ3v) is 9.71. The first-order valence-electron chi connectivity index (χ1n) is 5.92. The molecule has 0 fully saturated rings. The Kier molecular flexibility index (Phi) is 13.4. The van der Waals surface area contributed by atoms with Gasteiger partial charge in [-0.1, -0.05) is 0 Å². The number of alkyl halides is 2. The molecule has 0 aromatic heterocycles. The quantitative estimate of drug-likeness (QED) is 0.516. The molecule has 0 bridgehead atoms. The summed E-state index contributed by atoms with van der Waals surface area (Å²) in [7, 11) is -1.27. The molecule has 0 amide bonds. The summed E-state index contributed by atoms with van der Waals surface area (Å²) in [5, 5.41) is 0. The molecule has 0 aliphatic rings. The van der Waals surface area contributed by atoms with Crippen molar-refractivity contribution >= 4 is 47.4 Å². The summed E-state index contributed by atoms with van der Waals surface area (Å²) in [5.41, 5.74) is 1.45. The molecule has 0 aliphatic carbocycles. The summed E-state index contributed by atoms with van der Waals surface area (Å²) < 4.78 is 0. The van der Waals surface area contributed by atoms with E-state index in [9.17, 15) is 0 Å². The Balaban J connectivity index is 0. The molecule has 0 saturated heterocycles. The van der Waals surface area contributed by atoms with Crippen LogP contribution in [0.2, 0.25) is 0 Å². The van der Waals surface area contributed by atoms with Crippen molar-refractivity contribution in [3.8, 4) is 0 Å². The molecule has 0 saturated carbocycles. The van der Waals surface area contributed by atoms with Crippen LogP contribution in [-0.2, 0) is 6.16 Å². The minimum atomic E-state index is -1.27. The normalized spacial score (nSPS) is 11.3. The summed E-state index contributed by atoms with van der Waals surface area (Å²) in [6, 6.07) is 10.7. The molecule has 0 spiro atoms. The number of hydrogen-bond donors (Lipinski definition) is 1. The van der Waals surface area contributed by atoms with Crippen LogP contribution in [0.5, 0.6) is 0 Å². The van der Waals surface area contributed by atoms with Crippen LogP contribution in [0.4, 0.5) is 0 Å². The summed E-state index contributed by atoms with van der Waals surface area (Å²) in [4.78, 5) is 0. The van der Waals surface area contributed by atoms with E-state index >= 15 is 0 Å². The van der Waals surface area contributed by atoms with Gasteiger partial charge in [0.05, 0.1) is 0 Å². The van der Waals surface area contributed by atoms with Crippen molar-refractivity contribution in [2.24, 2.45) is 0 Å². The Morgan fingerprint density at radius 2 is 1.50 bits per heavy atom. The van der Waals surface area contributed by atoms with E-state index in [0.29, 0.717) is 0 Å². The van der Waals surface area contributed by atoms with E-state index < -0.39 is 7.26 Å². The van der Waals surface area contributed by atoms with Gasteiger partial charge in [0.2, 0.25) is 0 Å². The fraction of sp³-hybridized carbons (Fsp3) is 0.538. The van der Waals surface area contributed by atoms with E-state index in [-0.39, 0.29) is 23.1 Å². The average molecular weight is 377 g/mol. The van der Waals surface area contributed by atoms with E-state index in [4.69, 9.17) is 23.2 Å². The number of benzene rings is 1. The van der Waals surface area contributed by atoms with E-state index in [2.05, 4.69) is 37.3 Å². The van der Waals surface area contributed by atoms with Crippen LogP contribution in [0.3, 0.4) is 0 Å². The molecule has 0 radical (unpaired) electrons. The minimum absolute atomic E-state index is 0. The van der Waals surface area contributed by atoms with Crippen LogP contribution in [0, 0.1) is 0 Å². The van der Waals surface area contributed by atoms with Gasteiger partial charge in [0.15, 0.2) is 0 Å². The maximum atomic E-state index is 5.96. The Bertz CT molecular complexity index is 292. The van der Waals surface area contributed by atoms with Gasteiger partial charge in [0.1, 0.15) is 0 Å². The molecule has 1 nitrogen and oxygen atoms in total. The van der Waals surface area contributed by atoms with Gasteiger partial charge in [0.25, 0.3) is 0 Å². The second-order valence-corrected chi connectivity index (χ2v) is 10.2. The zero-order valence-corrected chi connectivity index (χ0v) is 15.2. The molecule has 0 aliphatic heterocycles. The van der Waals surface area contributed by atoms with Crippen molar-refractivity contribution in [2.45, 2.75) is 13.1 Å². The maximum absolute atomic E-state index is 5.96. The average Bonchev–Trinajstić information content (AvgIpc) is 2.31. The predicted molar refractivity (Wildman–Crippen MR) is 95.5 cm³/mol. The molecular formula is C13H25BrCl2NP. The first kappa shape index (κ1) is 21.0. The Labute approximate surface area is 132 Å². The monoisotopic (exact) mass is 375 g/mol. The van der Waals surface area contributed by atoms with Crippen molar-refractivity contribution < 1.29 is 0 Å². The topological polar surface area (TPSA) is 35.0 Å². The van der Waals surface area contributed by atoms with Crippen molar-refractivity contribution in [1.29, 1.82) is 0 Å².